The molecule has 1 aromatic heterocycles. The van der Waals surface area contributed by atoms with Gasteiger partial charge < -0.3 is 4.74 Å². The van der Waals surface area contributed by atoms with Crippen LogP contribution in [0.3, 0.4) is 0 Å². The Bertz CT molecular complexity index is 324. The van der Waals surface area contributed by atoms with E-state index in [-0.39, 0.29) is 0 Å². The first-order chi connectivity index (χ1) is 6.88. The van der Waals surface area contributed by atoms with Gasteiger partial charge in [-0.15, -0.1) is 0 Å². The lowest BCUT2D eigenvalue weighted by molar-refractivity contribution is 0.0785. The molecule has 0 unspecified atom stereocenters. The highest BCUT2D eigenvalue weighted by atomic mass is 127. The zero-order valence-corrected chi connectivity index (χ0v) is 13.2. The Balaban J connectivity index is 2.29. The van der Waals surface area contributed by atoms with Crippen LogP contribution in [0.5, 0.6) is 0 Å². The second kappa shape index (κ2) is 5.65. The highest BCUT2D eigenvalue weighted by molar-refractivity contribution is 14.1. The average molecular weight is 359 g/mol. The molecule has 0 amide bonds. The summed E-state index contributed by atoms with van der Waals surface area (Å²) in [5.41, 5.74) is 0. The van der Waals surface area contributed by atoms with Crippen molar-refractivity contribution in [1.29, 1.82) is 0 Å². The molecule has 0 saturated heterocycles. The molecule has 1 heterocycles. The molecular weight excluding hydrogens is 343 g/mol. The first kappa shape index (κ1) is 13.5. The van der Waals surface area contributed by atoms with Gasteiger partial charge >= 0.3 is 0 Å². The summed E-state index contributed by atoms with van der Waals surface area (Å²) >= 11 is 8.07. The second-order valence-corrected chi connectivity index (χ2v) is 11.8. The minimum atomic E-state index is -0.993. The Hall–Kier alpha value is 0.407. The van der Waals surface area contributed by atoms with Crippen molar-refractivity contribution in [3.63, 3.8) is 0 Å². The molecule has 0 saturated carbocycles. The third-order valence-electron chi connectivity index (χ3n) is 1.91. The topological polar surface area (TPSA) is 27.1 Å². The van der Waals surface area contributed by atoms with E-state index in [0.29, 0.717) is 11.9 Å². The van der Waals surface area contributed by atoms with Gasteiger partial charge in [-0.05, 0) is 28.6 Å². The minimum Gasteiger partial charge on any atom is -0.359 e. The Morgan fingerprint density at radius 2 is 2.20 bits per heavy atom. The van der Waals surface area contributed by atoms with E-state index in [1.165, 1.54) is 6.04 Å². The van der Waals surface area contributed by atoms with Gasteiger partial charge in [-0.1, -0.05) is 31.2 Å². The van der Waals surface area contributed by atoms with Crippen molar-refractivity contribution in [3.05, 3.63) is 14.9 Å². The fraction of sp³-hybridized carbons (Fsp3) is 0.667. The maximum atomic E-state index is 5.94. The van der Waals surface area contributed by atoms with Crippen molar-refractivity contribution in [2.75, 3.05) is 6.61 Å². The van der Waals surface area contributed by atoms with Crippen LogP contribution in [0.4, 0.5) is 0 Å². The lowest BCUT2D eigenvalue weighted by atomic mass is 10.7. The molecule has 1 rings (SSSR count). The van der Waals surface area contributed by atoms with Gasteiger partial charge in [-0.3, -0.25) is 0 Å². The van der Waals surface area contributed by atoms with Gasteiger partial charge in [0.05, 0.1) is 0 Å². The number of hydrogen-bond donors (Lipinski definition) is 0. The Kier molecular flexibility index (Phi) is 5.08. The fourth-order valence-electron chi connectivity index (χ4n) is 0.985. The van der Waals surface area contributed by atoms with E-state index in [1.54, 1.807) is 4.68 Å². The zero-order valence-electron chi connectivity index (χ0n) is 9.26. The zero-order chi connectivity index (χ0) is 11.5. The molecule has 0 aliphatic rings. The highest BCUT2D eigenvalue weighted by Crippen LogP contribution is 2.13. The van der Waals surface area contributed by atoms with Crippen molar-refractivity contribution >= 4 is 42.3 Å². The third-order valence-corrected chi connectivity index (χ3v) is 4.45. The largest absolute Gasteiger partial charge is 0.359 e. The molecule has 0 fully saturated rings. The number of halogens is 2. The SMILES string of the molecule is C[Si](C)(C)CCOCn1nc(I)cc1Cl. The summed E-state index contributed by atoms with van der Waals surface area (Å²) in [5.74, 6) is 0. The van der Waals surface area contributed by atoms with Crippen LogP contribution in [0.2, 0.25) is 30.8 Å². The average Bonchev–Trinajstić information content (AvgIpc) is 2.37. The first-order valence-electron chi connectivity index (χ1n) is 4.85. The summed E-state index contributed by atoms with van der Waals surface area (Å²) in [6.07, 6.45) is 0. The van der Waals surface area contributed by atoms with E-state index in [4.69, 9.17) is 16.3 Å². The summed E-state index contributed by atoms with van der Waals surface area (Å²) in [4.78, 5) is 0. The highest BCUT2D eigenvalue weighted by Gasteiger charge is 2.12. The summed E-state index contributed by atoms with van der Waals surface area (Å²) in [7, 11) is -0.993. The molecule has 0 aromatic carbocycles. The van der Waals surface area contributed by atoms with Gasteiger partial charge in [-0.25, -0.2) is 4.68 Å². The van der Waals surface area contributed by atoms with Gasteiger partial charge in [0.2, 0.25) is 0 Å². The van der Waals surface area contributed by atoms with Crippen LogP contribution in [0.1, 0.15) is 0 Å². The van der Waals surface area contributed by atoms with Gasteiger partial charge in [0.1, 0.15) is 15.6 Å². The van der Waals surface area contributed by atoms with Crippen LogP contribution >= 0.6 is 34.2 Å². The van der Waals surface area contributed by atoms with Crippen LogP contribution < -0.4 is 0 Å². The Morgan fingerprint density at radius 1 is 1.53 bits per heavy atom. The first-order valence-corrected chi connectivity index (χ1v) is 10.0. The van der Waals surface area contributed by atoms with Crippen molar-refractivity contribution in [3.8, 4) is 0 Å². The van der Waals surface area contributed by atoms with Gasteiger partial charge in [0.25, 0.3) is 0 Å². The molecule has 3 nitrogen and oxygen atoms in total. The van der Waals surface area contributed by atoms with E-state index in [1.807, 2.05) is 6.07 Å². The van der Waals surface area contributed by atoms with Crippen molar-refractivity contribution in [1.82, 2.24) is 9.78 Å². The predicted octanol–water partition coefficient (Wildman–Crippen LogP) is 3.45. The molecule has 0 bridgehead atoms. The van der Waals surface area contributed by atoms with Crippen LogP contribution in [-0.2, 0) is 11.5 Å². The van der Waals surface area contributed by atoms with Gasteiger partial charge in [-0.2, -0.15) is 5.10 Å². The van der Waals surface area contributed by atoms with Crippen molar-refractivity contribution in [2.45, 2.75) is 32.4 Å². The smallest absolute Gasteiger partial charge is 0.141 e. The molecular formula is C9H16ClIN2OSi. The number of ether oxygens (including phenoxy) is 1. The molecule has 0 radical (unpaired) electrons. The van der Waals surface area contributed by atoms with Crippen molar-refractivity contribution in [2.24, 2.45) is 0 Å². The quantitative estimate of drug-likeness (QED) is 0.458. The molecule has 0 atom stereocenters. The lowest BCUT2D eigenvalue weighted by Crippen LogP contribution is -2.22. The monoisotopic (exact) mass is 358 g/mol. The molecule has 0 spiro atoms. The van der Waals surface area contributed by atoms with E-state index in [9.17, 15) is 0 Å². The maximum absolute atomic E-state index is 5.94. The van der Waals surface area contributed by atoms with E-state index in [2.05, 4.69) is 47.3 Å². The maximum Gasteiger partial charge on any atom is 0.141 e. The number of nitrogens with zero attached hydrogens (tertiary/aromatic N) is 2. The molecule has 15 heavy (non-hydrogen) atoms. The molecule has 86 valence electrons. The predicted molar refractivity (Wildman–Crippen MR) is 74.1 cm³/mol. The second-order valence-electron chi connectivity index (χ2n) is 4.64. The Labute approximate surface area is 110 Å². The molecule has 0 N–H and O–H groups in total. The summed E-state index contributed by atoms with van der Waals surface area (Å²) in [5, 5.41) is 4.83. The molecule has 6 heteroatoms. The fourth-order valence-corrected chi connectivity index (χ4v) is 2.67. The number of rotatable bonds is 5. The summed E-state index contributed by atoms with van der Waals surface area (Å²) < 4.78 is 8.11. The van der Waals surface area contributed by atoms with Gasteiger partial charge in [0, 0.05) is 20.7 Å². The van der Waals surface area contributed by atoms with Crippen LogP contribution in [-0.4, -0.2) is 24.5 Å². The van der Waals surface area contributed by atoms with E-state index in [0.717, 1.165) is 10.3 Å². The summed E-state index contributed by atoms with van der Waals surface area (Å²) in [6.45, 7) is 8.25. The van der Waals surface area contributed by atoms with Gasteiger partial charge in [0.15, 0.2) is 0 Å². The van der Waals surface area contributed by atoms with Crippen molar-refractivity contribution < 1.29 is 4.74 Å². The van der Waals surface area contributed by atoms with Crippen LogP contribution in [0.25, 0.3) is 0 Å². The molecule has 0 aliphatic carbocycles. The Morgan fingerprint density at radius 3 is 2.67 bits per heavy atom. The lowest BCUT2D eigenvalue weighted by Gasteiger charge is -2.15. The van der Waals surface area contributed by atoms with Crippen LogP contribution in [0.15, 0.2) is 6.07 Å². The number of hydrogen-bond acceptors (Lipinski definition) is 2. The summed E-state index contributed by atoms with van der Waals surface area (Å²) in [6, 6.07) is 2.99. The normalized spacial score (nSPS) is 12.1. The molecule has 1 aromatic rings. The van der Waals surface area contributed by atoms with Crippen LogP contribution in [0, 0.1) is 3.70 Å². The van der Waals surface area contributed by atoms with E-state index >= 15 is 0 Å². The van der Waals surface area contributed by atoms with E-state index < -0.39 is 8.07 Å². The number of aromatic nitrogens is 2. The standard InChI is InChI=1S/C9H16ClIN2OSi/c1-15(2,3)5-4-14-7-13-8(10)6-9(11)12-13/h6H,4-5,7H2,1-3H3. The minimum absolute atomic E-state index is 0.451. The molecule has 0 aliphatic heterocycles. The third kappa shape index (κ3) is 5.33.